The van der Waals surface area contributed by atoms with Gasteiger partial charge in [-0.15, -0.1) is 12.3 Å². The van der Waals surface area contributed by atoms with Gasteiger partial charge in [-0.2, -0.15) is 0 Å². The van der Waals surface area contributed by atoms with Crippen LogP contribution >= 0.6 is 0 Å². The van der Waals surface area contributed by atoms with E-state index >= 15 is 0 Å². The molecular formula is C12H7F2NO2. The average molecular weight is 235 g/mol. The van der Waals surface area contributed by atoms with E-state index in [9.17, 15) is 18.4 Å². The van der Waals surface area contributed by atoms with Crippen LogP contribution in [-0.4, -0.2) is 18.2 Å². The molecule has 1 heterocycles. The quantitative estimate of drug-likeness (QED) is 0.575. The summed E-state index contributed by atoms with van der Waals surface area (Å²) in [5.41, 5.74) is -0.429. The molecule has 0 bridgehead atoms. The molecule has 1 aromatic rings. The first-order valence-electron chi connectivity index (χ1n) is 4.85. The second-order valence-electron chi connectivity index (χ2n) is 3.52. The zero-order chi connectivity index (χ0) is 12.6. The first-order valence-corrected chi connectivity index (χ1v) is 4.85. The molecule has 0 aromatic heterocycles. The van der Waals surface area contributed by atoms with Gasteiger partial charge >= 0.3 is 0 Å². The molecule has 1 amide bonds. The number of anilines is 1. The minimum absolute atomic E-state index is 0.0383. The minimum atomic E-state index is -0.934. The molecule has 0 saturated carbocycles. The Bertz CT molecular complexity index is 560. The summed E-state index contributed by atoms with van der Waals surface area (Å²) in [6.07, 6.45) is 5.23. The standard InChI is InChI=1S/C12H7F2NO2/c1-2-3-4-15-10-8(11(16)12(15)17)5-7(13)6-9(10)14/h1,5-6H,3-4H2. The SMILES string of the molecule is C#CCCN1C(=O)C(=O)c2cc(F)cc(F)c21. The van der Waals surface area contributed by atoms with E-state index in [2.05, 4.69) is 5.92 Å². The Labute approximate surface area is 96.0 Å². The first kappa shape index (κ1) is 11.3. The summed E-state index contributed by atoms with van der Waals surface area (Å²) in [5, 5.41) is 0. The van der Waals surface area contributed by atoms with Crippen molar-refractivity contribution < 1.29 is 18.4 Å². The number of carbonyl (C=O) groups is 2. The highest BCUT2D eigenvalue weighted by atomic mass is 19.1. The van der Waals surface area contributed by atoms with E-state index in [1.165, 1.54) is 0 Å². The van der Waals surface area contributed by atoms with E-state index in [4.69, 9.17) is 6.42 Å². The summed E-state index contributed by atoms with van der Waals surface area (Å²) < 4.78 is 26.5. The Morgan fingerprint density at radius 3 is 2.65 bits per heavy atom. The fourth-order valence-electron chi connectivity index (χ4n) is 1.74. The molecule has 0 N–H and O–H groups in total. The number of rotatable bonds is 2. The summed E-state index contributed by atoms with van der Waals surface area (Å²) in [6, 6.07) is 1.49. The summed E-state index contributed by atoms with van der Waals surface area (Å²) in [4.78, 5) is 24.0. The number of halogens is 2. The lowest BCUT2D eigenvalue weighted by Gasteiger charge is -2.15. The van der Waals surface area contributed by atoms with Gasteiger partial charge in [0.05, 0.1) is 11.3 Å². The maximum absolute atomic E-state index is 13.5. The van der Waals surface area contributed by atoms with Crippen molar-refractivity contribution >= 4 is 17.4 Å². The average Bonchev–Trinajstić information content (AvgIpc) is 2.51. The molecule has 1 aliphatic heterocycles. The van der Waals surface area contributed by atoms with Gasteiger partial charge in [-0.25, -0.2) is 8.78 Å². The number of terminal acetylenes is 1. The van der Waals surface area contributed by atoms with Crippen LogP contribution in [0.25, 0.3) is 0 Å². The number of amides is 1. The van der Waals surface area contributed by atoms with E-state index < -0.39 is 23.3 Å². The van der Waals surface area contributed by atoms with E-state index in [0.29, 0.717) is 6.07 Å². The van der Waals surface area contributed by atoms with Crippen LogP contribution in [0.2, 0.25) is 0 Å². The van der Waals surface area contributed by atoms with Crippen molar-refractivity contribution in [3.8, 4) is 12.3 Å². The number of ketones is 1. The van der Waals surface area contributed by atoms with Gasteiger partial charge in [0.15, 0.2) is 5.82 Å². The molecule has 0 unspecified atom stereocenters. The van der Waals surface area contributed by atoms with Crippen LogP contribution in [0.1, 0.15) is 16.8 Å². The van der Waals surface area contributed by atoms with Crippen molar-refractivity contribution in [2.45, 2.75) is 6.42 Å². The Hall–Kier alpha value is -2.22. The smallest absolute Gasteiger partial charge is 0.299 e. The van der Waals surface area contributed by atoms with Crippen molar-refractivity contribution in [1.29, 1.82) is 0 Å². The largest absolute Gasteiger partial charge is 0.301 e. The third-order valence-corrected chi connectivity index (χ3v) is 2.46. The minimum Gasteiger partial charge on any atom is -0.301 e. The van der Waals surface area contributed by atoms with Gasteiger partial charge in [0.2, 0.25) is 0 Å². The Morgan fingerprint density at radius 2 is 2.00 bits per heavy atom. The third-order valence-electron chi connectivity index (χ3n) is 2.46. The highest BCUT2D eigenvalue weighted by molar-refractivity contribution is 6.52. The molecule has 0 saturated heterocycles. The number of hydrogen-bond donors (Lipinski definition) is 0. The highest BCUT2D eigenvalue weighted by Gasteiger charge is 2.38. The summed E-state index contributed by atoms with van der Waals surface area (Å²) in [5.74, 6) is -1.31. The Balaban J connectivity index is 2.53. The maximum atomic E-state index is 13.5. The number of nitrogens with zero attached hydrogens (tertiary/aromatic N) is 1. The van der Waals surface area contributed by atoms with Gasteiger partial charge in [-0.3, -0.25) is 9.59 Å². The van der Waals surface area contributed by atoms with E-state index in [1.807, 2.05) is 0 Å². The van der Waals surface area contributed by atoms with Crippen molar-refractivity contribution in [3.05, 3.63) is 29.3 Å². The summed E-state index contributed by atoms with van der Waals surface area (Å²) in [7, 11) is 0. The number of hydrogen-bond acceptors (Lipinski definition) is 2. The molecule has 17 heavy (non-hydrogen) atoms. The fraction of sp³-hybridized carbons (Fsp3) is 0.167. The normalized spacial score (nSPS) is 13.8. The Kier molecular flexibility index (Phi) is 2.64. The zero-order valence-electron chi connectivity index (χ0n) is 8.67. The molecule has 2 rings (SSSR count). The van der Waals surface area contributed by atoms with Gasteiger partial charge in [0, 0.05) is 19.0 Å². The molecule has 0 spiro atoms. The van der Waals surface area contributed by atoms with Crippen LogP contribution in [0.3, 0.4) is 0 Å². The molecule has 3 nitrogen and oxygen atoms in total. The van der Waals surface area contributed by atoms with Gasteiger partial charge < -0.3 is 4.90 Å². The van der Waals surface area contributed by atoms with E-state index in [-0.39, 0.29) is 24.2 Å². The highest BCUT2D eigenvalue weighted by Crippen LogP contribution is 2.32. The topological polar surface area (TPSA) is 37.4 Å². The lowest BCUT2D eigenvalue weighted by molar-refractivity contribution is -0.114. The van der Waals surface area contributed by atoms with Crippen molar-refractivity contribution in [2.75, 3.05) is 11.4 Å². The molecule has 1 aliphatic rings. The lowest BCUT2D eigenvalue weighted by Crippen LogP contribution is -2.30. The number of fused-ring (bicyclic) bond motifs is 1. The second kappa shape index (κ2) is 3.98. The molecule has 1 aromatic carbocycles. The summed E-state index contributed by atoms with van der Waals surface area (Å²) >= 11 is 0. The predicted molar refractivity (Wildman–Crippen MR) is 56.5 cm³/mol. The van der Waals surface area contributed by atoms with Gasteiger partial charge in [0.1, 0.15) is 5.82 Å². The monoisotopic (exact) mass is 235 g/mol. The van der Waals surface area contributed by atoms with Crippen molar-refractivity contribution in [3.63, 3.8) is 0 Å². The Morgan fingerprint density at radius 1 is 1.29 bits per heavy atom. The maximum Gasteiger partial charge on any atom is 0.299 e. The van der Waals surface area contributed by atoms with Crippen LogP contribution < -0.4 is 4.90 Å². The second-order valence-corrected chi connectivity index (χ2v) is 3.52. The number of carbonyl (C=O) groups excluding carboxylic acids is 2. The molecule has 0 aliphatic carbocycles. The van der Waals surface area contributed by atoms with Crippen LogP contribution in [0.5, 0.6) is 0 Å². The van der Waals surface area contributed by atoms with Crippen LogP contribution in [0.4, 0.5) is 14.5 Å². The molecule has 0 fully saturated rings. The summed E-state index contributed by atoms with van der Waals surface area (Å²) in [6.45, 7) is 0.0383. The number of benzene rings is 1. The van der Waals surface area contributed by atoms with Gasteiger partial charge in [0.25, 0.3) is 11.7 Å². The van der Waals surface area contributed by atoms with Crippen LogP contribution in [0.15, 0.2) is 12.1 Å². The van der Waals surface area contributed by atoms with Gasteiger partial charge in [-0.1, -0.05) is 0 Å². The van der Waals surface area contributed by atoms with E-state index in [1.54, 1.807) is 0 Å². The lowest BCUT2D eigenvalue weighted by atomic mass is 10.1. The van der Waals surface area contributed by atoms with Crippen LogP contribution in [-0.2, 0) is 4.79 Å². The predicted octanol–water partition coefficient (Wildman–Crippen LogP) is 1.52. The fourth-order valence-corrected chi connectivity index (χ4v) is 1.74. The van der Waals surface area contributed by atoms with E-state index in [0.717, 1.165) is 11.0 Å². The van der Waals surface area contributed by atoms with Gasteiger partial charge in [-0.05, 0) is 6.07 Å². The molecule has 5 heteroatoms. The molecule has 86 valence electrons. The van der Waals surface area contributed by atoms with Crippen LogP contribution in [0, 0.1) is 24.0 Å². The third kappa shape index (κ3) is 1.68. The molecular weight excluding hydrogens is 228 g/mol. The number of Topliss-reactive ketones (excluding diaryl/α,β-unsaturated/α-hetero) is 1. The van der Waals surface area contributed by atoms with Crippen molar-refractivity contribution in [2.24, 2.45) is 0 Å². The first-order chi connectivity index (χ1) is 8.06. The molecule has 0 atom stereocenters. The van der Waals surface area contributed by atoms with Crippen molar-refractivity contribution in [1.82, 2.24) is 0 Å². The zero-order valence-corrected chi connectivity index (χ0v) is 8.67. The molecule has 0 radical (unpaired) electrons.